The molecule has 0 atom stereocenters. The van der Waals surface area contributed by atoms with Crippen LogP contribution in [0.25, 0.3) is 0 Å². The Kier molecular flexibility index (Phi) is 7.56. The van der Waals surface area contributed by atoms with Crippen molar-refractivity contribution in [2.45, 2.75) is 45.3 Å². The summed E-state index contributed by atoms with van der Waals surface area (Å²) in [5.74, 6) is -0.780. The van der Waals surface area contributed by atoms with E-state index in [4.69, 9.17) is 0 Å². The molecule has 2 rings (SSSR count). The number of H-pyrrole nitrogens is 1. The molecule has 1 heterocycles. The number of nitrogens with one attached hydrogen (secondary N) is 3. The smallest absolute Gasteiger partial charge is 0.326 e. The summed E-state index contributed by atoms with van der Waals surface area (Å²) in [5.41, 5.74) is 0.799. The summed E-state index contributed by atoms with van der Waals surface area (Å²) in [6.07, 6.45) is 1.76. The Morgan fingerprint density at radius 1 is 1.18 bits per heavy atom. The van der Waals surface area contributed by atoms with Crippen LogP contribution in [-0.4, -0.2) is 38.1 Å². The quantitative estimate of drug-likeness (QED) is 0.434. The van der Waals surface area contributed by atoms with Gasteiger partial charge >= 0.3 is 5.69 Å². The van der Waals surface area contributed by atoms with Gasteiger partial charge in [-0.2, -0.15) is 0 Å². The van der Waals surface area contributed by atoms with E-state index in [9.17, 15) is 19.2 Å². The highest BCUT2D eigenvalue weighted by Gasteiger charge is 2.16. The third-order valence-corrected chi connectivity index (χ3v) is 4.72. The van der Waals surface area contributed by atoms with Crippen molar-refractivity contribution >= 4 is 40.7 Å². The number of rotatable bonds is 9. The molecule has 0 aliphatic heterocycles. The lowest BCUT2D eigenvalue weighted by atomic mass is 10.1. The normalized spacial score (nSPS) is 10.5. The molecular formula is C18H23N5O4S. The number of amides is 2. The van der Waals surface area contributed by atoms with Gasteiger partial charge in [0, 0.05) is 31.6 Å². The average molecular weight is 405 g/mol. The van der Waals surface area contributed by atoms with E-state index in [2.05, 4.69) is 20.8 Å². The van der Waals surface area contributed by atoms with Crippen molar-refractivity contribution in [3.63, 3.8) is 0 Å². The van der Waals surface area contributed by atoms with Gasteiger partial charge in [0.25, 0.3) is 0 Å². The number of anilines is 2. The molecule has 9 nitrogen and oxygen atoms in total. The fourth-order valence-corrected chi connectivity index (χ4v) is 3.35. The molecule has 10 heteroatoms. The molecule has 0 saturated carbocycles. The molecule has 2 aromatic rings. The van der Waals surface area contributed by atoms with E-state index in [1.807, 2.05) is 6.92 Å². The van der Waals surface area contributed by atoms with Crippen molar-refractivity contribution in [1.29, 1.82) is 0 Å². The number of hydrogen-bond acceptors (Lipinski definition) is 6. The first kappa shape index (κ1) is 21.4. The molecule has 3 N–H and O–H groups in total. The van der Waals surface area contributed by atoms with E-state index in [1.165, 1.54) is 24.5 Å². The summed E-state index contributed by atoms with van der Waals surface area (Å²) in [7, 11) is 0. The lowest BCUT2D eigenvalue weighted by Crippen LogP contribution is -2.18. The molecular weight excluding hydrogens is 382 g/mol. The van der Waals surface area contributed by atoms with Crippen LogP contribution in [0.2, 0.25) is 0 Å². The predicted molar refractivity (Wildman–Crippen MR) is 108 cm³/mol. The Morgan fingerprint density at radius 2 is 1.89 bits per heavy atom. The molecule has 0 aliphatic carbocycles. The Labute approximate surface area is 166 Å². The monoisotopic (exact) mass is 405 g/mol. The second kappa shape index (κ2) is 9.88. The minimum atomic E-state index is -0.331. The summed E-state index contributed by atoms with van der Waals surface area (Å²) >= 11 is 1.15. The highest BCUT2D eigenvalue weighted by molar-refractivity contribution is 7.99. The molecule has 0 fully saturated rings. The number of unbranched alkanes of at least 4 members (excludes halogenated alkanes) is 1. The van der Waals surface area contributed by atoms with Gasteiger partial charge < -0.3 is 10.6 Å². The number of hydrogen-bond donors (Lipinski definition) is 3. The van der Waals surface area contributed by atoms with Crippen molar-refractivity contribution in [1.82, 2.24) is 14.8 Å². The zero-order valence-electron chi connectivity index (χ0n) is 16.0. The van der Waals surface area contributed by atoms with Crippen LogP contribution >= 0.6 is 11.8 Å². The molecule has 0 unspecified atom stereocenters. The van der Waals surface area contributed by atoms with Crippen molar-refractivity contribution in [2.75, 3.05) is 16.4 Å². The molecule has 150 valence electrons. The highest BCUT2D eigenvalue weighted by Crippen LogP contribution is 2.24. The van der Waals surface area contributed by atoms with E-state index in [-0.39, 0.29) is 29.0 Å². The Hall–Kier alpha value is -2.88. The second-order valence-electron chi connectivity index (χ2n) is 6.15. The fraction of sp³-hybridized carbons (Fsp3) is 0.389. The zero-order valence-corrected chi connectivity index (χ0v) is 16.8. The SMILES string of the molecule is CCCCn1c(SCC(=O)c2ccc(NC(C)=O)cc2NC(C)=O)n[nH]c1=O. The fourth-order valence-electron chi connectivity index (χ4n) is 2.50. The van der Waals surface area contributed by atoms with Gasteiger partial charge in [0.15, 0.2) is 10.9 Å². The summed E-state index contributed by atoms with van der Waals surface area (Å²) < 4.78 is 1.51. The number of Topliss-reactive ketones (excluding diaryl/α,β-unsaturated/α-hetero) is 1. The number of aromatic amines is 1. The van der Waals surface area contributed by atoms with Gasteiger partial charge in [-0.3, -0.25) is 19.0 Å². The second-order valence-corrected chi connectivity index (χ2v) is 7.09. The molecule has 0 radical (unpaired) electrons. The molecule has 0 aliphatic rings. The van der Waals surface area contributed by atoms with Crippen LogP contribution in [0.4, 0.5) is 11.4 Å². The topological polar surface area (TPSA) is 126 Å². The van der Waals surface area contributed by atoms with Crippen LogP contribution in [0.5, 0.6) is 0 Å². The van der Waals surface area contributed by atoms with Crippen LogP contribution in [-0.2, 0) is 16.1 Å². The number of carbonyl (C=O) groups is 3. The van der Waals surface area contributed by atoms with Crippen molar-refractivity contribution in [2.24, 2.45) is 0 Å². The van der Waals surface area contributed by atoms with Crippen molar-refractivity contribution in [3.05, 3.63) is 34.2 Å². The van der Waals surface area contributed by atoms with Gasteiger partial charge in [0.05, 0.1) is 11.4 Å². The molecule has 0 spiro atoms. The maximum atomic E-state index is 12.7. The minimum absolute atomic E-state index is 0.0441. The van der Waals surface area contributed by atoms with Gasteiger partial charge in [0.1, 0.15) is 0 Å². The Bertz CT molecular complexity index is 934. The number of benzene rings is 1. The van der Waals surface area contributed by atoms with Crippen LogP contribution in [0.3, 0.4) is 0 Å². The summed E-state index contributed by atoms with van der Waals surface area (Å²) in [6.45, 7) is 5.26. The first-order valence-corrected chi connectivity index (χ1v) is 9.80. The molecule has 2 amide bonds. The van der Waals surface area contributed by atoms with Gasteiger partial charge in [-0.05, 0) is 24.6 Å². The lowest BCUT2D eigenvalue weighted by Gasteiger charge is -2.12. The summed E-state index contributed by atoms with van der Waals surface area (Å²) in [5, 5.41) is 12.0. The van der Waals surface area contributed by atoms with E-state index < -0.39 is 0 Å². The van der Waals surface area contributed by atoms with Crippen LogP contribution < -0.4 is 16.3 Å². The summed E-state index contributed by atoms with van der Waals surface area (Å²) in [4.78, 5) is 47.2. The lowest BCUT2D eigenvalue weighted by molar-refractivity contribution is -0.115. The Morgan fingerprint density at radius 3 is 2.54 bits per heavy atom. The van der Waals surface area contributed by atoms with Gasteiger partial charge in [0.2, 0.25) is 11.8 Å². The van der Waals surface area contributed by atoms with E-state index in [0.29, 0.717) is 28.6 Å². The minimum Gasteiger partial charge on any atom is -0.326 e. The number of carbonyl (C=O) groups excluding carboxylic acids is 3. The molecule has 0 saturated heterocycles. The molecule has 0 bridgehead atoms. The largest absolute Gasteiger partial charge is 0.343 e. The number of thioether (sulfide) groups is 1. The first-order chi connectivity index (χ1) is 13.3. The number of aromatic nitrogens is 3. The highest BCUT2D eigenvalue weighted by atomic mass is 32.2. The van der Waals surface area contributed by atoms with Gasteiger partial charge in [-0.1, -0.05) is 25.1 Å². The van der Waals surface area contributed by atoms with Crippen LogP contribution in [0.15, 0.2) is 28.2 Å². The zero-order chi connectivity index (χ0) is 20.7. The standard InChI is InChI=1S/C18H23N5O4S/c1-4-5-8-23-17(27)21-22-18(23)28-10-16(26)14-7-6-13(19-11(2)24)9-15(14)20-12(3)25/h6-7,9H,4-5,8,10H2,1-3H3,(H,19,24)(H,20,25)(H,21,27). The third-order valence-electron chi connectivity index (χ3n) is 3.74. The molecule has 1 aromatic carbocycles. The van der Waals surface area contributed by atoms with E-state index >= 15 is 0 Å². The predicted octanol–water partition coefficient (Wildman–Crippen LogP) is 2.26. The third kappa shape index (κ3) is 5.81. The Balaban J connectivity index is 2.18. The number of nitrogens with zero attached hydrogens (tertiary/aromatic N) is 2. The van der Waals surface area contributed by atoms with Crippen LogP contribution in [0.1, 0.15) is 44.0 Å². The van der Waals surface area contributed by atoms with Gasteiger partial charge in [-0.25, -0.2) is 9.89 Å². The van der Waals surface area contributed by atoms with E-state index in [1.54, 1.807) is 12.1 Å². The van der Waals surface area contributed by atoms with Crippen molar-refractivity contribution < 1.29 is 14.4 Å². The first-order valence-electron chi connectivity index (χ1n) is 8.82. The van der Waals surface area contributed by atoms with Gasteiger partial charge in [-0.15, -0.1) is 5.10 Å². The van der Waals surface area contributed by atoms with E-state index in [0.717, 1.165) is 24.6 Å². The molecule has 28 heavy (non-hydrogen) atoms. The van der Waals surface area contributed by atoms with Crippen molar-refractivity contribution in [3.8, 4) is 0 Å². The maximum absolute atomic E-state index is 12.7. The maximum Gasteiger partial charge on any atom is 0.343 e. The average Bonchev–Trinajstić information content (AvgIpc) is 2.96. The molecule has 1 aromatic heterocycles. The van der Waals surface area contributed by atoms with Crippen LogP contribution in [0, 0.1) is 0 Å². The number of ketones is 1. The summed E-state index contributed by atoms with van der Waals surface area (Å²) in [6, 6.07) is 4.68.